The summed E-state index contributed by atoms with van der Waals surface area (Å²) in [6.07, 6.45) is 17.5. The molecule has 2 N–H and O–H groups in total. The van der Waals surface area contributed by atoms with E-state index < -0.39 is 0 Å². The maximum atomic E-state index is 10.5. The Morgan fingerprint density at radius 1 is 0.882 bits per heavy atom. The highest BCUT2D eigenvalue weighted by atomic mass is 16.1. The molecule has 2 heteroatoms. The molecule has 0 unspecified atom stereocenters. The van der Waals surface area contributed by atoms with Gasteiger partial charge in [0.1, 0.15) is 0 Å². The van der Waals surface area contributed by atoms with Gasteiger partial charge in [0.15, 0.2) is 0 Å². The van der Waals surface area contributed by atoms with Crippen molar-refractivity contribution in [2.75, 3.05) is 0 Å². The molecule has 0 saturated carbocycles. The van der Waals surface area contributed by atoms with E-state index in [4.69, 9.17) is 5.73 Å². The van der Waals surface area contributed by atoms with Gasteiger partial charge in [-0.15, -0.1) is 0 Å². The summed E-state index contributed by atoms with van der Waals surface area (Å²) < 4.78 is 0. The summed E-state index contributed by atoms with van der Waals surface area (Å²) in [6.45, 7) is 2.24. The van der Waals surface area contributed by atoms with Crippen molar-refractivity contribution in [2.45, 2.75) is 77.6 Å². The minimum atomic E-state index is -0.169. The second-order valence-corrected chi connectivity index (χ2v) is 4.74. The van der Waals surface area contributed by atoms with Crippen molar-refractivity contribution in [1.29, 1.82) is 0 Å². The summed E-state index contributed by atoms with van der Waals surface area (Å²) in [5.74, 6) is -0.169. The quantitative estimate of drug-likeness (QED) is 0.399. The van der Waals surface area contributed by atoms with Gasteiger partial charge >= 0.3 is 0 Å². The van der Waals surface area contributed by atoms with E-state index in [0.717, 1.165) is 12.8 Å². The first kappa shape index (κ1) is 16.2. The van der Waals surface area contributed by atoms with Crippen LogP contribution in [0.3, 0.4) is 0 Å². The third-order valence-corrected chi connectivity index (χ3v) is 2.93. The van der Waals surface area contributed by atoms with Crippen LogP contribution in [-0.2, 0) is 4.79 Å². The number of primary amides is 1. The highest BCUT2D eigenvalue weighted by Gasteiger charge is 1.93. The molecule has 0 radical (unpaired) electrons. The lowest BCUT2D eigenvalue weighted by molar-refractivity contribution is -0.118. The van der Waals surface area contributed by atoms with Gasteiger partial charge in [-0.2, -0.15) is 0 Å². The SMILES string of the molecule is CCCCCC/C=C/CCCCCCC(N)=O. The van der Waals surface area contributed by atoms with Gasteiger partial charge in [-0.3, -0.25) is 4.79 Å². The zero-order chi connectivity index (χ0) is 12.8. The number of amides is 1. The van der Waals surface area contributed by atoms with Crippen LogP contribution in [0.5, 0.6) is 0 Å². The average Bonchev–Trinajstić information content (AvgIpc) is 2.30. The topological polar surface area (TPSA) is 43.1 Å². The minimum absolute atomic E-state index is 0.169. The zero-order valence-electron chi connectivity index (χ0n) is 11.4. The monoisotopic (exact) mass is 239 g/mol. The van der Waals surface area contributed by atoms with Crippen molar-refractivity contribution in [3.63, 3.8) is 0 Å². The van der Waals surface area contributed by atoms with Crippen molar-refractivity contribution >= 4 is 5.91 Å². The molecular formula is C15H29NO. The van der Waals surface area contributed by atoms with Gasteiger partial charge in [0.25, 0.3) is 0 Å². The molecule has 0 fully saturated rings. The van der Waals surface area contributed by atoms with E-state index >= 15 is 0 Å². The Bertz CT molecular complexity index is 199. The standard InChI is InChI=1S/C15H29NO/c1-2-3-4-5-6-7-8-9-10-11-12-13-14-15(16)17/h7-8H,2-6,9-14H2,1H3,(H2,16,17)/b8-7+. The van der Waals surface area contributed by atoms with E-state index in [1.807, 2.05) is 0 Å². The first-order chi connectivity index (χ1) is 8.27. The van der Waals surface area contributed by atoms with E-state index in [9.17, 15) is 4.79 Å². The Balaban J connectivity index is 3.06. The van der Waals surface area contributed by atoms with Crippen LogP contribution in [0.4, 0.5) is 0 Å². The van der Waals surface area contributed by atoms with Gasteiger partial charge in [-0.1, -0.05) is 51.2 Å². The molecule has 0 aliphatic carbocycles. The summed E-state index contributed by atoms with van der Waals surface area (Å²) in [4.78, 5) is 10.5. The van der Waals surface area contributed by atoms with E-state index in [0.29, 0.717) is 6.42 Å². The summed E-state index contributed by atoms with van der Waals surface area (Å²) in [5.41, 5.74) is 5.07. The number of hydrogen-bond acceptors (Lipinski definition) is 1. The van der Waals surface area contributed by atoms with Crippen LogP contribution in [0.2, 0.25) is 0 Å². The van der Waals surface area contributed by atoms with Crippen molar-refractivity contribution in [3.8, 4) is 0 Å². The lowest BCUT2D eigenvalue weighted by atomic mass is 10.1. The van der Waals surface area contributed by atoms with Crippen molar-refractivity contribution in [2.24, 2.45) is 5.73 Å². The molecule has 0 spiro atoms. The predicted octanol–water partition coefficient (Wildman–Crippen LogP) is 4.34. The molecule has 0 rings (SSSR count). The largest absolute Gasteiger partial charge is 0.370 e. The molecule has 1 amide bonds. The predicted molar refractivity (Wildman–Crippen MR) is 74.8 cm³/mol. The number of hydrogen-bond donors (Lipinski definition) is 1. The number of rotatable bonds is 12. The molecule has 0 aromatic carbocycles. The van der Waals surface area contributed by atoms with Crippen LogP contribution in [0.1, 0.15) is 77.6 Å². The molecule has 0 aliphatic heterocycles. The van der Waals surface area contributed by atoms with Gasteiger partial charge in [0.05, 0.1) is 0 Å². The lowest BCUT2D eigenvalue weighted by Crippen LogP contribution is -2.09. The second-order valence-electron chi connectivity index (χ2n) is 4.74. The molecule has 0 aromatic heterocycles. The van der Waals surface area contributed by atoms with E-state index in [2.05, 4.69) is 19.1 Å². The lowest BCUT2D eigenvalue weighted by Gasteiger charge is -1.97. The Kier molecular flexibility index (Phi) is 12.7. The maximum absolute atomic E-state index is 10.5. The molecule has 0 aromatic rings. The van der Waals surface area contributed by atoms with E-state index in [-0.39, 0.29) is 5.91 Å². The number of unbranched alkanes of at least 4 members (excludes halogenated alkanes) is 8. The third kappa shape index (κ3) is 15.2. The fourth-order valence-corrected chi connectivity index (χ4v) is 1.84. The highest BCUT2D eigenvalue weighted by Crippen LogP contribution is 2.07. The Hall–Kier alpha value is -0.790. The smallest absolute Gasteiger partial charge is 0.217 e. The van der Waals surface area contributed by atoms with Gasteiger partial charge in [0, 0.05) is 6.42 Å². The fraction of sp³-hybridized carbons (Fsp3) is 0.800. The fourth-order valence-electron chi connectivity index (χ4n) is 1.84. The zero-order valence-corrected chi connectivity index (χ0v) is 11.4. The van der Waals surface area contributed by atoms with Crippen LogP contribution in [0, 0.1) is 0 Å². The highest BCUT2D eigenvalue weighted by molar-refractivity contribution is 5.73. The minimum Gasteiger partial charge on any atom is -0.370 e. The molecule has 0 saturated heterocycles. The third-order valence-electron chi connectivity index (χ3n) is 2.93. The molecule has 0 aliphatic rings. The summed E-state index contributed by atoms with van der Waals surface area (Å²) >= 11 is 0. The van der Waals surface area contributed by atoms with Gasteiger partial charge in [0.2, 0.25) is 5.91 Å². The number of nitrogens with two attached hydrogens (primary N) is 1. The molecule has 0 atom stereocenters. The van der Waals surface area contributed by atoms with Crippen LogP contribution in [-0.4, -0.2) is 5.91 Å². The van der Waals surface area contributed by atoms with Crippen LogP contribution in [0.25, 0.3) is 0 Å². The molecule has 100 valence electrons. The van der Waals surface area contributed by atoms with Crippen LogP contribution < -0.4 is 5.73 Å². The first-order valence-electron chi connectivity index (χ1n) is 7.20. The number of carbonyl (C=O) groups is 1. The van der Waals surface area contributed by atoms with Gasteiger partial charge in [-0.25, -0.2) is 0 Å². The van der Waals surface area contributed by atoms with Crippen molar-refractivity contribution in [3.05, 3.63) is 12.2 Å². The van der Waals surface area contributed by atoms with E-state index in [1.165, 1.54) is 51.4 Å². The molecule has 17 heavy (non-hydrogen) atoms. The van der Waals surface area contributed by atoms with Crippen LogP contribution in [0.15, 0.2) is 12.2 Å². The Morgan fingerprint density at radius 2 is 1.41 bits per heavy atom. The Labute approximate surface area is 107 Å². The summed E-state index contributed by atoms with van der Waals surface area (Å²) in [6, 6.07) is 0. The summed E-state index contributed by atoms with van der Waals surface area (Å²) in [7, 11) is 0. The molecule has 0 bridgehead atoms. The maximum Gasteiger partial charge on any atom is 0.217 e. The molecular weight excluding hydrogens is 210 g/mol. The normalized spacial score (nSPS) is 11.1. The van der Waals surface area contributed by atoms with Crippen molar-refractivity contribution in [1.82, 2.24) is 0 Å². The second kappa shape index (κ2) is 13.3. The van der Waals surface area contributed by atoms with Gasteiger partial charge in [-0.05, 0) is 32.1 Å². The van der Waals surface area contributed by atoms with Crippen LogP contribution >= 0.6 is 0 Å². The van der Waals surface area contributed by atoms with Crippen molar-refractivity contribution < 1.29 is 4.79 Å². The average molecular weight is 239 g/mol. The molecule has 0 heterocycles. The number of carbonyl (C=O) groups excluding carboxylic acids is 1. The van der Waals surface area contributed by atoms with Gasteiger partial charge < -0.3 is 5.73 Å². The first-order valence-corrected chi connectivity index (χ1v) is 7.20. The molecule has 2 nitrogen and oxygen atoms in total. The summed E-state index contributed by atoms with van der Waals surface area (Å²) in [5, 5.41) is 0. The Morgan fingerprint density at radius 3 is 1.94 bits per heavy atom. The van der Waals surface area contributed by atoms with E-state index in [1.54, 1.807) is 0 Å². The number of allylic oxidation sites excluding steroid dienone is 2.